The van der Waals surface area contributed by atoms with Gasteiger partial charge in [0.1, 0.15) is 0 Å². The summed E-state index contributed by atoms with van der Waals surface area (Å²) in [6.07, 6.45) is 4.98. The highest BCUT2D eigenvalue weighted by molar-refractivity contribution is 5.62. The Morgan fingerprint density at radius 1 is 1.11 bits per heavy atom. The minimum atomic E-state index is 0.609. The van der Waals surface area contributed by atoms with Gasteiger partial charge >= 0.3 is 0 Å². The third-order valence-electron chi connectivity index (χ3n) is 3.34. The summed E-state index contributed by atoms with van der Waals surface area (Å²) in [5.74, 6) is 0. The first-order chi connectivity index (χ1) is 8.58. The largest absolute Gasteiger partial charge is 0.382 e. The number of benzene rings is 1. The van der Waals surface area contributed by atoms with Gasteiger partial charge in [-0.25, -0.2) is 0 Å². The molecule has 0 fully saturated rings. The molecule has 0 radical (unpaired) electrons. The molecule has 0 aliphatic rings. The molecule has 1 N–H and O–H groups in total. The summed E-state index contributed by atoms with van der Waals surface area (Å²) in [5, 5.41) is 3.68. The van der Waals surface area contributed by atoms with Gasteiger partial charge < -0.3 is 10.2 Å². The maximum absolute atomic E-state index is 3.68. The van der Waals surface area contributed by atoms with Crippen LogP contribution in [-0.2, 0) is 0 Å². The molecule has 18 heavy (non-hydrogen) atoms. The summed E-state index contributed by atoms with van der Waals surface area (Å²) in [7, 11) is 4.20. The fraction of sp³-hybridized carbons (Fsp3) is 0.625. The van der Waals surface area contributed by atoms with Gasteiger partial charge in [-0.2, -0.15) is 0 Å². The van der Waals surface area contributed by atoms with E-state index in [1.54, 1.807) is 0 Å². The molecule has 0 spiro atoms. The van der Waals surface area contributed by atoms with Gasteiger partial charge in [0.2, 0.25) is 0 Å². The Morgan fingerprint density at radius 3 is 2.22 bits per heavy atom. The van der Waals surface area contributed by atoms with Crippen molar-refractivity contribution in [3.8, 4) is 0 Å². The minimum absolute atomic E-state index is 0.609. The summed E-state index contributed by atoms with van der Waals surface area (Å²) in [6.45, 7) is 6.67. The highest BCUT2D eigenvalue weighted by Crippen LogP contribution is 2.24. The van der Waals surface area contributed by atoms with Crippen LogP contribution in [0.25, 0.3) is 0 Å². The highest BCUT2D eigenvalue weighted by atomic mass is 15.1. The Hall–Kier alpha value is -1.18. The van der Waals surface area contributed by atoms with E-state index in [-0.39, 0.29) is 0 Å². The first-order valence-corrected chi connectivity index (χ1v) is 7.13. The van der Waals surface area contributed by atoms with E-state index in [1.165, 1.54) is 42.6 Å². The molecule has 2 heteroatoms. The van der Waals surface area contributed by atoms with Crippen molar-refractivity contribution in [1.29, 1.82) is 0 Å². The van der Waals surface area contributed by atoms with Crippen LogP contribution in [0.2, 0.25) is 0 Å². The van der Waals surface area contributed by atoms with Crippen LogP contribution in [0.5, 0.6) is 0 Å². The van der Waals surface area contributed by atoms with Crippen LogP contribution in [0.15, 0.2) is 18.2 Å². The maximum Gasteiger partial charge on any atom is 0.0411 e. The first-order valence-electron chi connectivity index (χ1n) is 7.13. The molecule has 0 unspecified atom stereocenters. The number of hydrogen-bond acceptors (Lipinski definition) is 2. The highest BCUT2D eigenvalue weighted by Gasteiger charge is 2.08. The maximum atomic E-state index is 3.68. The second kappa shape index (κ2) is 7.30. The van der Waals surface area contributed by atoms with E-state index in [1.807, 2.05) is 0 Å². The number of nitrogens with zero attached hydrogens (tertiary/aromatic N) is 1. The van der Waals surface area contributed by atoms with Crippen LogP contribution in [0, 0.1) is 6.92 Å². The molecule has 0 atom stereocenters. The minimum Gasteiger partial charge on any atom is -0.382 e. The lowest BCUT2D eigenvalue weighted by Gasteiger charge is -2.22. The molecule has 102 valence electrons. The molecule has 0 aliphatic heterocycles. The molecule has 0 aliphatic carbocycles. The van der Waals surface area contributed by atoms with Crippen LogP contribution < -0.4 is 10.2 Å². The van der Waals surface area contributed by atoms with E-state index in [0.717, 1.165) is 0 Å². The first kappa shape index (κ1) is 14.9. The Kier molecular flexibility index (Phi) is 6.03. The zero-order chi connectivity index (χ0) is 13.5. The van der Waals surface area contributed by atoms with E-state index in [4.69, 9.17) is 0 Å². The Balaban J connectivity index is 2.79. The van der Waals surface area contributed by atoms with Gasteiger partial charge in [-0.1, -0.05) is 32.8 Å². The summed E-state index contributed by atoms with van der Waals surface area (Å²) in [5.41, 5.74) is 3.87. The second-order valence-corrected chi connectivity index (χ2v) is 5.31. The Bertz CT molecular complexity index is 352. The van der Waals surface area contributed by atoms with Crippen molar-refractivity contribution in [2.45, 2.75) is 52.5 Å². The number of aryl methyl sites for hydroxylation is 1. The monoisotopic (exact) mass is 248 g/mol. The summed E-state index contributed by atoms with van der Waals surface area (Å²) < 4.78 is 0. The lowest BCUT2D eigenvalue weighted by molar-refractivity contribution is 0.586. The fourth-order valence-corrected chi connectivity index (χ4v) is 2.40. The summed E-state index contributed by atoms with van der Waals surface area (Å²) >= 11 is 0. The molecular weight excluding hydrogens is 220 g/mol. The van der Waals surface area contributed by atoms with E-state index in [0.29, 0.717) is 6.04 Å². The molecule has 0 aromatic heterocycles. The molecule has 1 aromatic rings. The molecule has 1 rings (SSSR count). The standard InChI is InChI=1S/C16H28N2/c1-6-8-14(9-7-2)17-15-11-10-13(3)16(12-15)18(4)5/h10-12,14,17H,6-9H2,1-5H3. The topological polar surface area (TPSA) is 15.3 Å². The lowest BCUT2D eigenvalue weighted by Crippen LogP contribution is -2.19. The van der Waals surface area contributed by atoms with Crippen LogP contribution in [-0.4, -0.2) is 20.1 Å². The number of nitrogens with one attached hydrogen (secondary N) is 1. The number of hydrogen-bond donors (Lipinski definition) is 1. The zero-order valence-corrected chi connectivity index (χ0v) is 12.6. The van der Waals surface area contributed by atoms with Crippen molar-refractivity contribution in [2.24, 2.45) is 0 Å². The van der Waals surface area contributed by atoms with Crippen LogP contribution in [0.4, 0.5) is 11.4 Å². The van der Waals surface area contributed by atoms with Gasteiger partial charge in [0, 0.05) is 31.5 Å². The lowest BCUT2D eigenvalue weighted by atomic mass is 10.1. The van der Waals surface area contributed by atoms with E-state index in [9.17, 15) is 0 Å². The van der Waals surface area contributed by atoms with Crippen molar-refractivity contribution in [3.63, 3.8) is 0 Å². The van der Waals surface area contributed by atoms with Gasteiger partial charge in [0.25, 0.3) is 0 Å². The molecule has 1 aromatic carbocycles. The summed E-state index contributed by atoms with van der Waals surface area (Å²) in [6, 6.07) is 7.26. The van der Waals surface area contributed by atoms with Crippen molar-refractivity contribution in [1.82, 2.24) is 0 Å². The van der Waals surface area contributed by atoms with Crippen molar-refractivity contribution < 1.29 is 0 Å². The third kappa shape index (κ3) is 4.25. The van der Waals surface area contributed by atoms with E-state index in [2.05, 4.69) is 63.3 Å². The van der Waals surface area contributed by atoms with Gasteiger partial charge in [0.05, 0.1) is 0 Å². The number of anilines is 2. The van der Waals surface area contributed by atoms with Crippen LogP contribution >= 0.6 is 0 Å². The average molecular weight is 248 g/mol. The summed E-state index contributed by atoms with van der Waals surface area (Å²) in [4.78, 5) is 2.18. The van der Waals surface area contributed by atoms with Gasteiger partial charge in [-0.05, 0) is 37.5 Å². The van der Waals surface area contributed by atoms with Gasteiger partial charge in [0.15, 0.2) is 0 Å². The molecule has 0 heterocycles. The average Bonchev–Trinajstić information content (AvgIpc) is 2.32. The Labute approximate surface area is 112 Å². The quantitative estimate of drug-likeness (QED) is 0.767. The van der Waals surface area contributed by atoms with Crippen molar-refractivity contribution in [3.05, 3.63) is 23.8 Å². The zero-order valence-electron chi connectivity index (χ0n) is 12.6. The predicted molar refractivity (Wildman–Crippen MR) is 82.7 cm³/mol. The predicted octanol–water partition coefficient (Wildman–Crippen LogP) is 4.44. The van der Waals surface area contributed by atoms with Gasteiger partial charge in [-0.3, -0.25) is 0 Å². The normalized spacial score (nSPS) is 10.8. The molecule has 0 saturated carbocycles. The molecule has 0 amide bonds. The van der Waals surface area contributed by atoms with E-state index < -0.39 is 0 Å². The van der Waals surface area contributed by atoms with Crippen LogP contribution in [0.1, 0.15) is 45.1 Å². The number of rotatable bonds is 7. The molecular formula is C16H28N2. The Morgan fingerprint density at radius 2 is 1.72 bits per heavy atom. The molecule has 2 nitrogen and oxygen atoms in total. The van der Waals surface area contributed by atoms with Crippen LogP contribution in [0.3, 0.4) is 0 Å². The third-order valence-corrected chi connectivity index (χ3v) is 3.34. The van der Waals surface area contributed by atoms with Crippen molar-refractivity contribution >= 4 is 11.4 Å². The van der Waals surface area contributed by atoms with E-state index >= 15 is 0 Å². The SMILES string of the molecule is CCCC(CCC)Nc1ccc(C)c(N(C)C)c1. The molecule has 0 bridgehead atoms. The molecule has 0 saturated heterocycles. The van der Waals surface area contributed by atoms with Crippen molar-refractivity contribution in [2.75, 3.05) is 24.3 Å². The van der Waals surface area contributed by atoms with Gasteiger partial charge in [-0.15, -0.1) is 0 Å². The second-order valence-electron chi connectivity index (χ2n) is 5.31. The smallest absolute Gasteiger partial charge is 0.0411 e. The fourth-order valence-electron chi connectivity index (χ4n) is 2.40.